The molecule has 0 saturated carbocycles. The van der Waals surface area contributed by atoms with Crippen LogP contribution < -0.4 is 5.32 Å². The Balaban J connectivity index is 2.40. The van der Waals surface area contributed by atoms with Crippen LogP contribution in [0.3, 0.4) is 0 Å². The minimum Gasteiger partial charge on any atom is -0.481 e. The average Bonchev–Trinajstić information content (AvgIpc) is 2.14. The molecule has 82 valence electrons. The van der Waals surface area contributed by atoms with Crippen LogP contribution in [0.4, 0.5) is 10.1 Å². The first-order valence-electron chi connectivity index (χ1n) is 4.50. The Morgan fingerprint density at radius 3 is 2.87 bits per heavy atom. The third-order valence-corrected chi connectivity index (χ3v) is 2.71. The van der Waals surface area contributed by atoms with Crippen molar-refractivity contribution in [2.24, 2.45) is 0 Å². The monoisotopic (exact) mass is 323 g/mol. The van der Waals surface area contributed by atoms with Gasteiger partial charge >= 0.3 is 5.97 Å². The standard InChI is InChI=1S/C10H11FINO2/c11-7-3-4-9(8(12)6-7)13-5-1-2-10(14)15/h3-4,6,13H,1-2,5H2,(H,14,15). The van der Waals surface area contributed by atoms with Gasteiger partial charge in [-0.05, 0) is 47.2 Å². The minimum absolute atomic E-state index is 0.144. The van der Waals surface area contributed by atoms with Crippen LogP contribution in [0.1, 0.15) is 12.8 Å². The third-order valence-electron chi connectivity index (χ3n) is 1.81. The fraction of sp³-hybridized carbons (Fsp3) is 0.300. The van der Waals surface area contributed by atoms with Crippen LogP contribution in [0.15, 0.2) is 18.2 Å². The highest BCUT2D eigenvalue weighted by atomic mass is 127. The fourth-order valence-corrected chi connectivity index (χ4v) is 1.76. The summed E-state index contributed by atoms with van der Waals surface area (Å²) in [6.07, 6.45) is 0.702. The molecule has 0 spiro atoms. The first-order valence-corrected chi connectivity index (χ1v) is 5.58. The number of hydrogen-bond acceptors (Lipinski definition) is 2. The lowest BCUT2D eigenvalue weighted by atomic mass is 10.3. The second-order valence-corrected chi connectivity index (χ2v) is 4.21. The van der Waals surface area contributed by atoms with Gasteiger partial charge < -0.3 is 10.4 Å². The zero-order valence-electron chi connectivity index (χ0n) is 7.96. The summed E-state index contributed by atoms with van der Waals surface area (Å²) in [7, 11) is 0. The lowest BCUT2D eigenvalue weighted by Gasteiger charge is -2.07. The zero-order valence-corrected chi connectivity index (χ0v) is 10.1. The van der Waals surface area contributed by atoms with E-state index >= 15 is 0 Å². The van der Waals surface area contributed by atoms with Crippen LogP contribution in [-0.4, -0.2) is 17.6 Å². The number of carboxylic acids is 1. The molecule has 0 unspecified atom stereocenters. The van der Waals surface area contributed by atoms with Gasteiger partial charge in [0.25, 0.3) is 0 Å². The lowest BCUT2D eigenvalue weighted by molar-refractivity contribution is -0.137. The SMILES string of the molecule is O=C(O)CCCNc1ccc(F)cc1I. The van der Waals surface area contributed by atoms with Crippen molar-refractivity contribution in [3.05, 3.63) is 27.6 Å². The van der Waals surface area contributed by atoms with Gasteiger partial charge in [-0.2, -0.15) is 0 Å². The fourth-order valence-electron chi connectivity index (χ4n) is 1.10. The predicted octanol–water partition coefficient (Wildman–Crippen LogP) is 2.71. The summed E-state index contributed by atoms with van der Waals surface area (Å²) >= 11 is 2.03. The smallest absolute Gasteiger partial charge is 0.303 e. The predicted molar refractivity (Wildman–Crippen MR) is 64.5 cm³/mol. The van der Waals surface area contributed by atoms with Crippen LogP contribution in [0.5, 0.6) is 0 Å². The number of hydrogen-bond donors (Lipinski definition) is 2. The summed E-state index contributed by atoms with van der Waals surface area (Å²) < 4.78 is 13.5. The van der Waals surface area contributed by atoms with E-state index in [2.05, 4.69) is 5.32 Å². The molecule has 0 bridgehead atoms. The summed E-state index contributed by atoms with van der Waals surface area (Å²) in [5, 5.41) is 11.5. The molecule has 0 aromatic heterocycles. The third kappa shape index (κ3) is 4.46. The van der Waals surface area contributed by atoms with E-state index in [1.807, 2.05) is 22.6 Å². The van der Waals surface area contributed by atoms with E-state index < -0.39 is 5.97 Å². The quantitative estimate of drug-likeness (QED) is 0.647. The highest BCUT2D eigenvalue weighted by Crippen LogP contribution is 2.18. The summed E-state index contributed by atoms with van der Waals surface area (Å²) in [5.41, 5.74) is 0.836. The normalized spacial score (nSPS) is 10.0. The van der Waals surface area contributed by atoms with E-state index in [-0.39, 0.29) is 12.2 Å². The van der Waals surface area contributed by atoms with Crippen molar-refractivity contribution in [1.29, 1.82) is 0 Å². The van der Waals surface area contributed by atoms with Gasteiger partial charge in [-0.25, -0.2) is 4.39 Å². The number of benzene rings is 1. The van der Waals surface area contributed by atoms with E-state index in [1.165, 1.54) is 12.1 Å². The molecule has 0 saturated heterocycles. The molecule has 0 radical (unpaired) electrons. The molecule has 1 aromatic carbocycles. The van der Waals surface area contributed by atoms with Gasteiger partial charge in [-0.1, -0.05) is 0 Å². The Labute approximate surface area is 101 Å². The molecule has 15 heavy (non-hydrogen) atoms. The van der Waals surface area contributed by atoms with E-state index in [1.54, 1.807) is 6.07 Å². The Bertz CT molecular complexity index is 357. The van der Waals surface area contributed by atoms with Crippen LogP contribution in [-0.2, 0) is 4.79 Å². The molecule has 0 aliphatic carbocycles. The molecule has 0 atom stereocenters. The Morgan fingerprint density at radius 2 is 2.27 bits per heavy atom. The lowest BCUT2D eigenvalue weighted by Crippen LogP contribution is -2.05. The van der Waals surface area contributed by atoms with E-state index in [0.717, 1.165) is 9.26 Å². The first-order chi connectivity index (χ1) is 7.09. The number of aliphatic carboxylic acids is 1. The molecule has 0 aliphatic rings. The second-order valence-electron chi connectivity index (χ2n) is 3.05. The van der Waals surface area contributed by atoms with Gasteiger partial charge in [0.2, 0.25) is 0 Å². The van der Waals surface area contributed by atoms with Crippen LogP contribution in [0.25, 0.3) is 0 Å². The van der Waals surface area contributed by atoms with Crippen molar-refractivity contribution in [1.82, 2.24) is 0 Å². The van der Waals surface area contributed by atoms with Gasteiger partial charge in [0.1, 0.15) is 5.82 Å². The summed E-state index contributed by atoms with van der Waals surface area (Å²) in [6, 6.07) is 4.46. The number of anilines is 1. The summed E-state index contributed by atoms with van der Waals surface area (Å²) in [4.78, 5) is 10.2. The Hall–Kier alpha value is -0.850. The molecule has 0 fully saturated rings. The maximum Gasteiger partial charge on any atom is 0.303 e. The molecule has 1 rings (SSSR count). The van der Waals surface area contributed by atoms with E-state index in [0.29, 0.717) is 13.0 Å². The molecule has 1 aromatic rings. The summed E-state index contributed by atoms with van der Waals surface area (Å²) in [6.45, 7) is 0.577. The molecule has 0 amide bonds. The minimum atomic E-state index is -0.800. The van der Waals surface area contributed by atoms with Gasteiger partial charge in [-0.15, -0.1) is 0 Å². The Morgan fingerprint density at radius 1 is 1.53 bits per heavy atom. The Kier molecular flexibility index (Phi) is 4.80. The highest BCUT2D eigenvalue weighted by Gasteiger charge is 2.01. The van der Waals surface area contributed by atoms with Gasteiger partial charge in [-0.3, -0.25) is 4.79 Å². The number of carboxylic acid groups (broad SMARTS) is 1. The van der Waals surface area contributed by atoms with Gasteiger partial charge in [0, 0.05) is 22.2 Å². The molecular formula is C10H11FINO2. The molecule has 3 nitrogen and oxygen atoms in total. The topological polar surface area (TPSA) is 49.3 Å². The van der Waals surface area contributed by atoms with Crippen molar-refractivity contribution in [2.45, 2.75) is 12.8 Å². The van der Waals surface area contributed by atoms with Gasteiger partial charge in [0.05, 0.1) is 0 Å². The highest BCUT2D eigenvalue weighted by molar-refractivity contribution is 14.1. The maximum atomic E-state index is 12.7. The molecular weight excluding hydrogens is 312 g/mol. The number of nitrogens with one attached hydrogen (secondary N) is 1. The first kappa shape index (κ1) is 12.2. The number of carbonyl (C=O) groups is 1. The maximum absolute atomic E-state index is 12.7. The number of rotatable bonds is 5. The second kappa shape index (κ2) is 5.89. The largest absolute Gasteiger partial charge is 0.481 e. The van der Waals surface area contributed by atoms with Crippen molar-refractivity contribution in [3.63, 3.8) is 0 Å². The van der Waals surface area contributed by atoms with Gasteiger partial charge in [0.15, 0.2) is 0 Å². The molecule has 5 heteroatoms. The van der Waals surface area contributed by atoms with Crippen LogP contribution >= 0.6 is 22.6 Å². The van der Waals surface area contributed by atoms with E-state index in [9.17, 15) is 9.18 Å². The van der Waals surface area contributed by atoms with Crippen LogP contribution in [0.2, 0.25) is 0 Å². The average molecular weight is 323 g/mol. The van der Waals surface area contributed by atoms with E-state index in [4.69, 9.17) is 5.11 Å². The molecule has 0 aliphatic heterocycles. The molecule has 2 N–H and O–H groups in total. The van der Waals surface area contributed by atoms with Crippen molar-refractivity contribution < 1.29 is 14.3 Å². The van der Waals surface area contributed by atoms with Crippen molar-refractivity contribution in [3.8, 4) is 0 Å². The zero-order chi connectivity index (χ0) is 11.3. The van der Waals surface area contributed by atoms with Crippen molar-refractivity contribution in [2.75, 3.05) is 11.9 Å². The number of halogens is 2. The summed E-state index contributed by atoms with van der Waals surface area (Å²) in [5.74, 6) is -1.07. The van der Waals surface area contributed by atoms with Crippen LogP contribution in [0, 0.1) is 9.39 Å². The molecule has 0 heterocycles. The van der Waals surface area contributed by atoms with Crippen molar-refractivity contribution >= 4 is 34.2 Å².